The van der Waals surface area contributed by atoms with Gasteiger partial charge < -0.3 is 9.13 Å². The highest BCUT2D eigenvalue weighted by Gasteiger charge is 1.94. The summed E-state index contributed by atoms with van der Waals surface area (Å²) < 4.78 is 4.59. The quantitative estimate of drug-likeness (QED) is 0.195. The molecule has 0 spiro atoms. The van der Waals surface area contributed by atoms with Crippen LogP contribution in [0.3, 0.4) is 0 Å². The Balaban J connectivity index is 1.54. The lowest BCUT2D eigenvalue weighted by atomic mass is 10.1. The Labute approximate surface area is 208 Å². The second kappa shape index (κ2) is 19.2. The van der Waals surface area contributed by atoms with Gasteiger partial charge in [-0.25, -0.2) is 0 Å². The predicted octanol–water partition coefficient (Wildman–Crippen LogP) is 7.29. The highest BCUT2D eigenvalue weighted by molar-refractivity contribution is 4.94. The minimum atomic E-state index is 0.961. The van der Waals surface area contributed by atoms with Crippen molar-refractivity contribution in [2.45, 2.75) is 117 Å². The molecule has 0 atom stereocenters. The van der Waals surface area contributed by atoms with E-state index in [1.807, 2.05) is 0 Å². The maximum Gasteiger partial charge on any atom is 0.0603 e. The molecule has 0 radical (unpaired) electrons. The molecule has 2 heterocycles. The number of nitrogens with zero attached hydrogens (tertiary/aromatic N) is 4. The highest BCUT2D eigenvalue weighted by Crippen LogP contribution is 2.05. The van der Waals surface area contributed by atoms with Crippen molar-refractivity contribution >= 4 is 0 Å². The van der Waals surface area contributed by atoms with Gasteiger partial charge in [0.15, 0.2) is 0 Å². The Kier molecular flexibility index (Phi) is 15.9. The molecule has 0 aliphatic rings. The van der Waals surface area contributed by atoms with E-state index in [-0.39, 0.29) is 0 Å². The van der Waals surface area contributed by atoms with E-state index in [1.54, 1.807) is 0 Å². The third kappa shape index (κ3) is 13.6. The Morgan fingerprint density at radius 2 is 0.824 bits per heavy atom. The summed E-state index contributed by atoms with van der Waals surface area (Å²) in [4.78, 5) is 9.41. The fourth-order valence-corrected chi connectivity index (χ4v) is 4.20. The normalized spacial score (nSPS) is 11.0. The van der Waals surface area contributed by atoms with E-state index in [1.165, 1.54) is 89.9 Å². The zero-order valence-corrected chi connectivity index (χ0v) is 22.1. The standard InChI is InChI=1S/C30H50N4/c1-3-5-7-9-13-21-31-29-17-25-33(26-18-29)23-15-11-12-16-24-34-27-19-30(20-28-34)32-22-14-10-8-6-4-2/h17-20,25-28H,3-16,21-24H2,1-2H3. The molecular formula is C30H50N4. The minimum absolute atomic E-state index is 0.961. The zero-order chi connectivity index (χ0) is 24.1. The molecule has 2 rings (SSSR count). The van der Waals surface area contributed by atoms with Crippen LogP contribution in [0.4, 0.5) is 0 Å². The highest BCUT2D eigenvalue weighted by atomic mass is 14.9. The van der Waals surface area contributed by atoms with Crippen LogP contribution in [0.1, 0.15) is 104 Å². The van der Waals surface area contributed by atoms with Crippen LogP contribution in [-0.2, 0) is 13.1 Å². The van der Waals surface area contributed by atoms with E-state index >= 15 is 0 Å². The van der Waals surface area contributed by atoms with Crippen molar-refractivity contribution in [1.82, 2.24) is 9.13 Å². The molecule has 2 aromatic rings. The van der Waals surface area contributed by atoms with Gasteiger partial charge in [-0.15, -0.1) is 0 Å². The lowest BCUT2D eigenvalue weighted by Gasteiger charge is -2.08. The fourth-order valence-electron chi connectivity index (χ4n) is 4.20. The summed E-state index contributed by atoms with van der Waals surface area (Å²) in [6.07, 6.45) is 26.8. The molecule has 0 N–H and O–H groups in total. The van der Waals surface area contributed by atoms with E-state index in [4.69, 9.17) is 9.98 Å². The SMILES string of the molecule is CCCCCCCN=c1ccn(CCCCCCn2ccc(=NCCCCCCC)cc2)cc1. The van der Waals surface area contributed by atoms with Crippen molar-refractivity contribution in [1.29, 1.82) is 0 Å². The number of unbranched alkanes of at least 4 members (excludes halogenated alkanes) is 11. The van der Waals surface area contributed by atoms with Crippen LogP contribution < -0.4 is 10.7 Å². The molecular weight excluding hydrogens is 416 g/mol. The number of aryl methyl sites for hydroxylation is 2. The molecule has 34 heavy (non-hydrogen) atoms. The summed E-state index contributed by atoms with van der Waals surface area (Å²) in [5.41, 5.74) is 0. The van der Waals surface area contributed by atoms with Crippen LogP contribution in [0.25, 0.3) is 0 Å². The second-order valence-corrected chi connectivity index (χ2v) is 9.59. The molecule has 0 saturated carbocycles. The maximum atomic E-state index is 4.71. The predicted molar refractivity (Wildman–Crippen MR) is 146 cm³/mol. The van der Waals surface area contributed by atoms with E-state index < -0.39 is 0 Å². The minimum Gasteiger partial charge on any atom is -0.354 e. The van der Waals surface area contributed by atoms with Crippen LogP contribution >= 0.6 is 0 Å². The van der Waals surface area contributed by atoms with Gasteiger partial charge >= 0.3 is 0 Å². The summed E-state index contributed by atoms with van der Waals surface area (Å²) in [5.74, 6) is 0. The van der Waals surface area contributed by atoms with Crippen LogP contribution in [0, 0.1) is 0 Å². The number of hydrogen-bond acceptors (Lipinski definition) is 2. The van der Waals surface area contributed by atoms with Crippen molar-refractivity contribution in [3.63, 3.8) is 0 Å². The fraction of sp³-hybridized carbons (Fsp3) is 0.667. The van der Waals surface area contributed by atoms with Crippen molar-refractivity contribution in [2.75, 3.05) is 13.1 Å². The van der Waals surface area contributed by atoms with Gasteiger partial charge in [0, 0.05) is 51.0 Å². The summed E-state index contributed by atoms with van der Waals surface area (Å²) in [5, 5.41) is 2.24. The van der Waals surface area contributed by atoms with Gasteiger partial charge in [0.1, 0.15) is 0 Å². The number of pyridine rings is 2. The molecule has 4 nitrogen and oxygen atoms in total. The van der Waals surface area contributed by atoms with Gasteiger partial charge in [0.25, 0.3) is 0 Å². The van der Waals surface area contributed by atoms with Gasteiger partial charge in [0.2, 0.25) is 0 Å². The summed E-state index contributed by atoms with van der Waals surface area (Å²) in [6.45, 7) is 8.63. The smallest absolute Gasteiger partial charge is 0.0603 e. The topological polar surface area (TPSA) is 34.6 Å². The Morgan fingerprint density at radius 1 is 0.471 bits per heavy atom. The molecule has 0 aliphatic carbocycles. The van der Waals surface area contributed by atoms with Crippen LogP contribution in [-0.4, -0.2) is 22.2 Å². The van der Waals surface area contributed by atoms with Gasteiger partial charge in [-0.2, -0.15) is 0 Å². The Bertz CT molecular complexity index is 763. The number of hydrogen-bond donors (Lipinski definition) is 0. The largest absolute Gasteiger partial charge is 0.354 e. The molecule has 4 heteroatoms. The van der Waals surface area contributed by atoms with Crippen LogP contribution in [0.5, 0.6) is 0 Å². The third-order valence-corrected chi connectivity index (χ3v) is 6.44. The van der Waals surface area contributed by atoms with E-state index in [9.17, 15) is 0 Å². The lowest BCUT2D eigenvalue weighted by Crippen LogP contribution is -2.07. The molecule has 0 fully saturated rings. The van der Waals surface area contributed by atoms with Crippen molar-refractivity contribution in [3.05, 3.63) is 59.8 Å². The Morgan fingerprint density at radius 3 is 1.21 bits per heavy atom. The number of rotatable bonds is 19. The monoisotopic (exact) mass is 466 g/mol. The lowest BCUT2D eigenvalue weighted by molar-refractivity contribution is 0.537. The molecule has 0 aliphatic heterocycles. The van der Waals surface area contributed by atoms with Crippen LogP contribution in [0.15, 0.2) is 59.0 Å². The van der Waals surface area contributed by atoms with Crippen molar-refractivity contribution < 1.29 is 0 Å². The maximum absolute atomic E-state index is 4.71. The summed E-state index contributed by atoms with van der Waals surface area (Å²) in [7, 11) is 0. The molecule has 0 saturated heterocycles. The van der Waals surface area contributed by atoms with E-state index in [0.29, 0.717) is 0 Å². The molecule has 0 unspecified atom stereocenters. The molecule has 190 valence electrons. The first-order valence-electron chi connectivity index (χ1n) is 14.1. The average Bonchev–Trinajstić information content (AvgIpc) is 2.87. The third-order valence-electron chi connectivity index (χ3n) is 6.44. The first-order chi connectivity index (χ1) is 16.8. The van der Waals surface area contributed by atoms with Gasteiger partial charge in [-0.3, -0.25) is 9.98 Å². The average molecular weight is 467 g/mol. The first kappa shape index (κ1) is 28.1. The zero-order valence-electron chi connectivity index (χ0n) is 22.1. The summed E-state index contributed by atoms with van der Waals surface area (Å²) in [6, 6.07) is 8.63. The van der Waals surface area contributed by atoms with Crippen molar-refractivity contribution in [3.8, 4) is 0 Å². The van der Waals surface area contributed by atoms with E-state index in [0.717, 1.165) is 36.9 Å². The molecule has 2 aromatic heterocycles. The van der Waals surface area contributed by atoms with Gasteiger partial charge in [-0.1, -0.05) is 78.1 Å². The van der Waals surface area contributed by atoms with E-state index in [2.05, 4.69) is 72.0 Å². The van der Waals surface area contributed by atoms with Crippen LogP contribution in [0.2, 0.25) is 0 Å². The molecule has 0 aromatic carbocycles. The first-order valence-corrected chi connectivity index (χ1v) is 14.1. The Hall–Kier alpha value is -2.10. The van der Waals surface area contributed by atoms with Gasteiger partial charge in [0.05, 0.1) is 10.7 Å². The summed E-state index contributed by atoms with van der Waals surface area (Å²) >= 11 is 0. The second-order valence-electron chi connectivity index (χ2n) is 9.59. The number of aromatic nitrogens is 2. The molecule has 0 amide bonds. The van der Waals surface area contributed by atoms with Gasteiger partial charge in [-0.05, 0) is 49.9 Å². The van der Waals surface area contributed by atoms with Crippen molar-refractivity contribution in [2.24, 2.45) is 9.98 Å². The molecule has 0 bridgehead atoms.